The lowest BCUT2D eigenvalue weighted by molar-refractivity contribution is 0.361. The largest absolute Gasteiger partial charge is 0.425 e. The highest BCUT2D eigenvalue weighted by Gasteiger charge is 2.19. The van der Waals surface area contributed by atoms with E-state index in [4.69, 9.17) is 4.42 Å². The molecule has 19 heavy (non-hydrogen) atoms. The molecule has 0 radical (unpaired) electrons. The van der Waals surface area contributed by atoms with Crippen LogP contribution in [0.15, 0.2) is 4.42 Å². The Hall–Kier alpha value is -0.900. The Morgan fingerprint density at radius 3 is 2.47 bits per heavy atom. The van der Waals surface area contributed by atoms with Gasteiger partial charge in [-0.25, -0.2) is 0 Å². The van der Waals surface area contributed by atoms with Crippen molar-refractivity contribution < 1.29 is 4.42 Å². The normalized spacial score (nSPS) is 18.5. The van der Waals surface area contributed by atoms with E-state index < -0.39 is 0 Å². The second kappa shape index (κ2) is 7.63. The molecule has 108 valence electrons. The summed E-state index contributed by atoms with van der Waals surface area (Å²) in [6.07, 6.45) is 9.97. The van der Waals surface area contributed by atoms with Crippen LogP contribution in [0.25, 0.3) is 0 Å². The Labute approximate surface area is 116 Å². The van der Waals surface area contributed by atoms with E-state index >= 15 is 0 Å². The molecule has 1 fully saturated rings. The predicted molar refractivity (Wildman–Crippen MR) is 76.2 cm³/mol. The average Bonchev–Trinajstić information content (AvgIpc) is 2.76. The number of rotatable bonds is 5. The van der Waals surface area contributed by atoms with Crippen molar-refractivity contribution in [2.75, 3.05) is 6.54 Å². The second-order valence-corrected chi connectivity index (χ2v) is 5.93. The quantitative estimate of drug-likeness (QED) is 0.886. The lowest BCUT2D eigenvalue weighted by Gasteiger charge is -2.15. The molecule has 0 spiro atoms. The van der Waals surface area contributed by atoms with Crippen molar-refractivity contribution in [3.63, 3.8) is 0 Å². The summed E-state index contributed by atoms with van der Waals surface area (Å²) in [4.78, 5) is 0. The van der Waals surface area contributed by atoms with Crippen molar-refractivity contribution in [2.45, 2.75) is 77.2 Å². The number of nitrogens with zero attached hydrogens (tertiary/aromatic N) is 2. The van der Waals surface area contributed by atoms with E-state index in [2.05, 4.69) is 29.4 Å². The molecule has 1 heterocycles. The van der Waals surface area contributed by atoms with Crippen molar-refractivity contribution in [3.8, 4) is 0 Å². The first-order valence-electron chi connectivity index (χ1n) is 7.81. The Bertz CT molecular complexity index is 354. The van der Waals surface area contributed by atoms with Crippen molar-refractivity contribution in [1.82, 2.24) is 15.5 Å². The smallest absolute Gasteiger partial charge is 0.219 e. The van der Waals surface area contributed by atoms with Gasteiger partial charge in [0.25, 0.3) is 0 Å². The summed E-state index contributed by atoms with van der Waals surface area (Å²) in [7, 11) is 0. The van der Waals surface area contributed by atoms with E-state index in [9.17, 15) is 0 Å². The zero-order valence-corrected chi connectivity index (χ0v) is 12.3. The van der Waals surface area contributed by atoms with Crippen LogP contribution < -0.4 is 5.32 Å². The van der Waals surface area contributed by atoms with E-state index in [1.165, 1.54) is 44.9 Å². The Kier molecular flexibility index (Phi) is 5.83. The van der Waals surface area contributed by atoms with Crippen molar-refractivity contribution >= 4 is 0 Å². The van der Waals surface area contributed by atoms with Crippen LogP contribution in [0.2, 0.25) is 0 Å². The third-order valence-electron chi connectivity index (χ3n) is 3.83. The molecular weight excluding hydrogens is 238 g/mol. The van der Waals surface area contributed by atoms with Gasteiger partial charge in [0.15, 0.2) is 0 Å². The highest BCUT2D eigenvalue weighted by Crippen LogP contribution is 2.29. The lowest BCUT2D eigenvalue weighted by Crippen LogP contribution is -2.25. The van der Waals surface area contributed by atoms with Gasteiger partial charge in [0, 0.05) is 24.9 Å². The molecule has 0 unspecified atom stereocenters. The minimum atomic E-state index is 0.500. The summed E-state index contributed by atoms with van der Waals surface area (Å²) in [5.41, 5.74) is 0. The zero-order valence-electron chi connectivity index (χ0n) is 12.3. The molecule has 0 aliphatic heterocycles. The zero-order chi connectivity index (χ0) is 13.5. The third kappa shape index (κ3) is 4.94. The molecule has 4 nitrogen and oxygen atoms in total. The SMILES string of the molecule is CC(C)NCCc1nnc(C2CCCCCCC2)o1. The van der Waals surface area contributed by atoms with Gasteiger partial charge in [0.2, 0.25) is 11.8 Å². The maximum Gasteiger partial charge on any atom is 0.219 e. The molecule has 0 aromatic carbocycles. The van der Waals surface area contributed by atoms with Gasteiger partial charge in [-0.1, -0.05) is 46.0 Å². The summed E-state index contributed by atoms with van der Waals surface area (Å²) >= 11 is 0. The molecule has 1 aromatic heterocycles. The molecule has 0 bridgehead atoms. The molecule has 1 aliphatic rings. The number of hydrogen-bond acceptors (Lipinski definition) is 4. The topological polar surface area (TPSA) is 51.0 Å². The Morgan fingerprint density at radius 1 is 1.11 bits per heavy atom. The fourth-order valence-corrected chi connectivity index (χ4v) is 2.70. The van der Waals surface area contributed by atoms with Crippen LogP contribution in [0.3, 0.4) is 0 Å². The Balaban J connectivity index is 1.84. The van der Waals surface area contributed by atoms with Crippen molar-refractivity contribution in [2.24, 2.45) is 0 Å². The molecular formula is C15H27N3O. The molecule has 1 N–H and O–H groups in total. The molecule has 0 amide bonds. The molecule has 1 aliphatic carbocycles. The summed E-state index contributed by atoms with van der Waals surface area (Å²) in [5, 5.41) is 11.8. The second-order valence-electron chi connectivity index (χ2n) is 5.93. The van der Waals surface area contributed by atoms with Gasteiger partial charge in [0.05, 0.1) is 0 Å². The average molecular weight is 265 g/mol. The summed E-state index contributed by atoms with van der Waals surface area (Å²) < 4.78 is 5.84. The summed E-state index contributed by atoms with van der Waals surface area (Å²) in [5.74, 6) is 2.16. The van der Waals surface area contributed by atoms with Crippen LogP contribution >= 0.6 is 0 Å². The van der Waals surface area contributed by atoms with Gasteiger partial charge in [-0.05, 0) is 12.8 Å². The van der Waals surface area contributed by atoms with Gasteiger partial charge in [-0.3, -0.25) is 0 Å². The van der Waals surface area contributed by atoms with E-state index in [-0.39, 0.29) is 0 Å². The molecule has 0 atom stereocenters. The molecule has 1 aromatic rings. The van der Waals surface area contributed by atoms with E-state index in [1.807, 2.05) is 0 Å². The molecule has 4 heteroatoms. The number of nitrogens with one attached hydrogen (secondary N) is 1. The standard InChI is InChI=1S/C15H27N3O/c1-12(2)16-11-10-14-17-18-15(19-14)13-8-6-4-3-5-7-9-13/h12-13,16H,3-11H2,1-2H3. The Morgan fingerprint density at radius 2 is 1.79 bits per heavy atom. The van der Waals surface area contributed by atoms with E-state index in [0.29, 0.717) is 12.0 Å². The molecule has 1 saturated carbocycles. The van der Waals surface area contributed by atoms with Crippen LogP contribution in [0.1, 0.15) is 76.5 Å². The maximum absolute atomic E-state index is 5.84. The minimum absolute atomic E-state index is 0.500. The summed E-state index contributed by atoms with van der Waals surface area (Å²) in [6, 6.07) is 0.507. The van der Waals surface area contributed by atoms with Crippen LogP contribution in [0.4, 0.5) is 0 Å². The van der Waals surface area contributed by atoms with Gasteiger partial charge in [0.1, 0.15) is 0 Å². The third-order valence-corrected chi connectivity index (χ3v) is 3.83. The van der Waals surface area contributed by atoms with Crippen LogP contribution in [0.5, 0.6) is 0 Å². The maximum atomic E-state index is 5.84. The number of aromatic nitrogens is 2. The van der Waals surface area contributed by atoms with Crippen molar-refractivity contribution in [3.05, 3.63) is 11.8 Å². The minimum Gasteiger partial charge on any atom is -0.425 e. The van der Waals surface area contributed by atoms with E-state index in [0.717, 1.165) is 24.7 Å². The number of hydrogen-bond donors (Lipinski definition) is 1. The van der Waals surface area contributed by atoms with Gasteiger partial charge in [-0.15, -0.1) is 10.2 Å². The van der Waals surface area contributed by atoms with E-state index in [1.54, 1.807) is 0 Å². The van der Waals surface area contributed by atoms with Gasteiger partial charge < -0.3 is 9.73 Å². The van der Waals surface area contributed by atoms with Crippen LogP contribution in [-0.2, 0) is 6.42 Å². The van der Waals surface area contributed by atoms with Gasteiger partial charge >= 0.3 is 0 Å². The monoisotopic (exact) mass is 265 g/mol. The first-order chi connectivity index (χ1) is 9.25. The highest BCUT2D eigenvalue weighted by atomic mass is 16.4. The molecule has 0 saturated heterocycles. The first kappa shape index (κ1) is 14.5. The van der Waals surface area contributed by atoms with Crippen molar-refractivity contribution in [1.29, 1.82) is 0 Å². The fourth-order valence-electron chi connectivity index (χ4n) is 2.70. The molecule has 2 rings (SSSR count). The fraction of sp³-hybridized carbons (Fsp3) is 0.867. The predicted octanol–water partition coefficient (Wildman–Crippen LogP) is 3.44. The van der Waals surface area contributed by atoms with Gasteiger partial charge in [-0.2, -0.15) is 0 Å². The lowest BCUT2D eigenvalue weighted by atomic mass is 9.91. The van der Waals surface area contributed by atoms with Crippen LogP contribution in [-0.4, -0.2) is 22.8 Å². The van der Waals surface area contributed by atoms with Crippen LogP contribution in [0, 0.1) is 0 Å². The summed E-state index contributed by atoms with van der Waals surface area (Å²) in [6.45, 7) is 5.20. The first-order valence-corrected chi connectivity index (χ1v) is 7.81. The highest BCUT2D eigenvalue weighted by molar-refractivity contribution is 4.92.